The van der Waals surface area contributed by atoms with Gasteiger partial charge in [-0.3, -0.25) is 14.4 Å². The van der Waals surface area contributed by atoms with E-state index in [-0.39, 0.29) is 23.8 Å². The highest BCUT2D eigenvalue weighted by atomic mass is 16.5. The van der Waals surface area contributed by atoms with Gasteiger partial charge in [-0.1, -0.05) is 6.07 Å². The van der Waals surface area contributed by atoms with E-state index in [0.717, 1.165) is 24.2 Å². The number of amides is 2. The zero-order valence-corrected chi connectivity index (χ0v) is 19.9. The molecule has 2 aromatic rings. The fraction of sp³-hybridized carbons (Fsp3) is 0.444. The minimum Gasteiger partial charge on any atom is -0.496 e. The summed E-state index contributed by atoms with van der Waals surface area (Å²) < 4.78 is 11.4. The summed E-state index contributed by atoms with van der Waals surface area (Å²) in [5, 5.41) is 14.7. The predicted molar refractivity (Wildman–Crippen MR) is 130 cm³/mol. The summed E-state index contributed by atoms with van der Waals surface area (Å²) in [6, 6.07) is 12.4. The van der Waals surface area contributed by atoms with Crippen LogP contribution in [0.3, 0.4) is 0 Å². The highest BCUT2D eigenvalue weighted by Crippen LogP contribution is 2.44. The smallest absolute Gasteiger partial charge is 0.306 e. The number of carboxylic acid groups (broad SMARTS) is 1. The molecule has 2 saturated carbocycles. The molecule has 0 atom stereocenters. The summed E-state index contributed by atoms with van der Waals surface area (Å²) in [6.45, 7) is 0.602. The maximum Gasteiger partial charge on any atom is 0.306 e. The van der Waals surface area contributed by atoms with Crippen LogP contribution in [0, 0.1) is 5.92 Å². The molecule has 0 bridgehead atoms. The Morgan fingerprint density at radius 2 is 1.46 bits per heavy atom. The number of hydrogen-bond acceptors (Lipinski definition) is 5. The first-order chi connectivity index (χ1) is 16.9. The third-order valence-corrected chi connectivity index (χ3v) is 6.65. The van der Waals surface area contributed by atoms with Gasteiger partial charge < -0.3 is 25.2 Å². The van der Waals surface area contributed by atoms with Crippen molar-refractivity contribution in [1.82, 2.24) is 10.6 Å². The summed E-state index contributed by atoms with van der Waals surface area (Å²) in [6.07, 6.45) is 4.98. The van der Waals surface area contributed by atoms with Crippen molar-refractivity contribution < 1.29 is 29.0 Å². The number of ether oxygens (including phenoxy) is 2. The average Bonchev–Trinajstić information content (AvgIpc) is 3.72. The molecule has 0 unspecified atom stereocenters. The molecule has 3 N–H and O–H groups in total. The van der Waals surface area contributed by atoms with Gasteiger partial charge in [0.05, 0.1) is 19.1 Å². The SMILES string of the molecule is COc1cc(C(=O)NCCNC(=O)c2ccc(OC3CCC(C(=O)O)CC3)cc2)ccc1C1CC1. The molecule has 8 heteroatoms. The lowest BCUT2D eigenvalue weighted by Gasteiger charge is -2.26. The Morgan fingerprint density at radius 3 is 2.03 bits per heavy atom. The number of nitrogens with one attached hydrogen (secondary N) is 2. The lowest BCUT2D eigenvalue weighted by Crippen LogP contribution is -2.34. The van der Waals surface area contributed by atoms with Crippen LogP contribution in [0.15, 0.2) is 42.5 Å². The maximum atomic E-state index is 12.5. The van der Waals surface area contributed by atoms with Crippen LogP contribution in [0.25, 0.3) is 0 Å². The molecular weight excluding hydrogens is 448 g/mol. The van der Waals surface area contributed by atoms with Crippen molar-refractivity contribution in [1.29, 1.82) is 0 Å². The molecule has 0 aliphatic heterocycles. The standard InChI is InChI=1S/C27H32N2O6/c1-34-24-16-20(8-13-23(24)17-2-3-17)26(31)29-15-14-28-25(30)18-4-9-21(10-5-18)35-22-11-6-19(7-12-22)27(32)33/h4-5,8-10,13,16-17,19,22H,2-3,6-7,11-12,14-15H2,1H3,(H,28,30)(H,29,31)(H,32,33). The van der Waals surface area contributed by atoms with E-state index in [1.807, 2.05) is 12.1 Å². The van der Waals surface area contributed by atoms with Crippen molar-refractivity contribution in [3.05, 3.63) is 59.2 Å². The van der Waals surface area contributed by atoms with Gasteiger partial charge in [-0.2, -0.15) is 0 Å². The number of carbonyl (C=O) groups excluding carboxylic acids is 2. The maximum absolute atomic E-state index is 12.5. The third-order valence-electron chi connectivity index (χ3n) is 6.65. The molecule has 4 rings (SSSR count). The number of hydrogen-bond donors (Lipinski definition) is 3. The molecule has 35 heavy (non-hydrogen) atoms. The Bertz CT molecular complexity index is 1060. The monoisotopic (exact) mass is 480 g/mol. The quantitative estimate of drug-likeness (QED) is 0.446. The third kappa shape index (κ3) is 6.53. The van der Waals surface area contributed by atoms with Crippen LogP contribution in [-0.2, 0) is 4.79 Å². The van der Waals surface area contributed by atoms with Crippen molar-refractivity contribution in [2.75, 3.05) is 20.2 Å². The number of aliphatic carboxylic acids is 1. The van der Waals surface area contributed by atoms with Crippen LogP contribution in [0.1, 0.15) is 70.7 Å². The Morgan fingerprint density at radius 1 is 0.857 bits per heavy atom. The summed E-state index contributed by atoms with van der Waals surface area (Å²) in [7, 11) is 1.61. The first kappa shape index (κ1) is 24.6. The second-order valence-electron chi connectivity index (χ2n) is 9.20. The first-order valence-electron chi connectivity index (χ1n) is 12.2. The minimum atomic E-state index is -0.735. The highest BCUT2D eigenvalue weighted by Gasteiger charge is 2.28. The molecule has 0 heterocycles. The number of benzene rings is 2. The Kier molecular flexibility index (Phi) is 7.90. The van der Waals surface area contributed by atoms with Crippen LogP contribution < -0.4 is 20.1 Å². The van der Waals surface area contributed by atoms with Gasteiger partial charge in [0.2, 0.25) is 0 Å². The first-order valence-corrected chi connectivity index (χ1v) is 12.2. The van der Waals surface area contributed by atoms with E-state index in [1.165, 1.54) is 0 Å². The van der Waals surface area contributed by atoms with Crippen LogP contribution in [-0.4, -0.2) is 49.2 Å². The predicted octanol–water partition coefficient (Wildman–Crippen LogP) is 3.75. The minimum absolute atomic E-state index is 0.00114. The van der Waals surface area contributed by atoms with Gasteiger partial charge in [-0.15, -0.1) is 0 Å². The van der Waals surface area contributed by atoms with Gasteiger partial charge in [0.25, 0.3) is 11.8 Å². The molecular formula is C27H32N2O6. The van der Waals surface area contributed by atoms with Crippen molar-refractivity contribution in [3.8, 4) is 11.5 Å². The van der Waals surface area contributed by atoms with Gasteiger partial charge >= 0.3 is 5.97 Å². The zero-order chi connectivity index (χ0) is 24.8. The van der Waals surface area contributed by atoms with E-state index in [1.54, 1.807) is 37.4 Å². The summed E-state index contributed by atoms with van der Waals surface area (Å²) in [4.78, 5) is 35.9. The molecule has 2 aliphatic carbocycles. The van der Waals surface area contributed by atoms with Crippen LogP contribution >= 0.6 is 0 Å². The lowest BCUT2D eigenvalue weighted by atomic mass is 9.87. The Balaban J connectivity index is 1.18. The van der Waals surface area contributed by atoms with Crippen LogP contribution in [0.4, 0.5) is 0 Å². The van der Waals surface area contributed by atoms with Gasteiger partial charge in [-0.05, 0) is 86.4 Å². The van der Waals surface area contributed by atoms with E-state index in [9.17, 15) is 14.4 Å². The van der Waals surface area contributed by atoms with Crippen molar-refractivity contribution in [3.63, 3.8) is 0 Å². The topological polar surface area (TPSA) is 114 Å². The van der Waals surface area contributed by atoms with Crippen molar-refractivity contribution in [2.24, 2.45) is 5.92 Å². The van der Waals surface area contributed by atoms with Gasteiger partial charge in [0.1, 0.15) is 11.5 Å². The van der Waals surface area contributed by atoms with Crippen LogP contribution in [0.2, 0.25) is 0 Å². The molecule has 2 aliphatic rings. The average molecular weight is 481 g/mol. The fourth-order valence-electron chi connectivity index (χ4n) is 4.45. The largest absolute Gasteiger partial charge is 0.496 e. The zero-order valence-electron chi connectivity index (χ0n) is 19.9. The number of carbonyl (C=O) groups is 3. The van der Waals surface area contributed by atoms with Gasteiger partial charge in [0, 0.05) is 24.2 Å². The highest BCUT2D eigenvalue weighted by molar-refractivity contribution is 5.95. The van der Waals surface area contributed by atoms with Gasteiger partial charge in [-0.25, -0.2) is 0 Å². The molecule has 2 aromatic carbocycles. The molecule has 2 amide bonds. The lowest BCUT2D eigenvalue weighted by molar-refractivity contribution is -0.143. The molecule has 0 spiro atoms. The van der Waals surface area contributed by atoms with Crippen molar-refractivity contribution in [2.45, 2.75) is 50.5 Å². The summed E-state index contributed by atoms with van der Waals surface area (Å²) in [5.41, 5.74) is 2.18. The molecule has 2 fully saturated rings. The van der Waals surface area contributed by atoms with Crippen molar-refractivity contribution >= 4 is 17.8 Å². The summed E-state index contributed by atoms with van der Waals surface area (Å²) in [5.74, 6) is 0.492. The molecule has 8 nitrogen and oxygen atoms in total. The second kappa shape index (κ2) is 11.3. The Labute approximate surface area is 205 Å². The van der Waals surface area contributed by atoms with E-state index < -0.39 is 5.97 Å². The van der Waals surface area contributed by atoms with E-state index >= 15 is 0 Å². The van der Waals surface area contributed by atoms with E-state index in [0.29, 0.717) is 61.6 Å². The molecule has 186 valence electrons. The number of carboxylic acids is 1. The Hall–Kier alpha value is -3.55. The molecule has 0 aromatic heterocycles. The molecule has 0 radical (unpaired) electrons. The number of rotatable bonds is 10. The van der Waals surface area contributed by atoms with Gasteiger partial charge in [0.15, 0.2) is 0 Å². The van der Waals surface area contributed by atoms with E-state index in [2.05, 4.69) is 10.6 Å². The molecule has 0 saturated heterocycles. The fourth-order valence-corrected chi connectivity index (χ4v) is 4.45. The van der Waals surface area contributed by atoms with Crippen LogP contribution in [0.5, 0.6) is 11.5 Å². The summed E-state index contributed by atoms with van der Waals surface area (Å²) >= 11 is 0. The van der Waals surface area contributed by atoms with E-state index in [4.69, 9.17) is 14.6 Å². The second-order valence-corrected chi connectivity index (χ2v) is 9.20. The number of methoxy groups -OCH3 is 1. The normalized spacial score (nSPS) is 19.5.